The zero-order valence-corrected chi connectivity index (χ0v) is 9.99. The lowest BCUT2D eigenvalue weighted by molar-refractivity contribution is 0.385. The summed E-state index contributed by atoms with van der Waals surface area (Å²) < 4.78 is 5.25. The molecule has 2 rings (SSSR count). The number of hydrogen-bond donors (Lipinski definition) is 0. The molecular weight excluding hydrogens is 204 g/mol. The maximum atomic E-state index is 5.25. The minimum atomic E-state index is 0. The van der Waals surface area contributed by atoms with Crippen molar-refractivity contribution in [3.05, 3.63) is 35.4 Å². The van der Waals surface area contributed by atoms with Crippen molar-refractivity contribution in [1.29, 1.82) is 0 Å². The third kappa shape index (κ3) is 3.93. The highest BCUT2D eigenvalue weighted by Crippen LogP contribution is 2.26. The summed E-state index contributed by atoms with van der Waals surface area (Å²) in [6.07, 6.45) is 2.84. The average Bonchev–Trinajstić information content (AvgIpc) is 3.02. The third-order valence-electron chi connectivity index (χ3n) is 2.98. The van der Waals surface area contributed by atoms with Gasteiger partial charge in [-0.05, 0) is 29.9 Å². The highest BCUT2D eigenvalue weighted by molar-refractivity contribution is 5.25. The lowest BCUT2D eigenvalue weighted by atomic mass is 9.95. The standard InChI is InChI=1S/C13H18O.2H2O/c1-3-11-4-6-12(7-5-11)10(2)8-13-9-14-13;;/h4-7,10,13H,3,8-9H2,1-2H3;2*1H2/t10-,13+;;/m1../s1. The lowest BCUT2D eigenvalue weighted by Gasteiger charge is -2.10. The summed E-state index contributed by atoms with van der Waals surface area (Å²) in [7, 11) is 0. The first-order valence-electron chi connectivity index (χ1n) is 5.50. The SMILES string of the molecule is CCc1ccc([C@H](C)C[C@H]2CO2)cc1.O.O. The zero-order valence-electron chi connectivity index (χ0n) is 9.99. The number of aryl methyl sites for hydroxylation is 1. The molecule has 4 N–H and O–H groups in total. The average molecular weight is 226 g/mol. The molecule has 0 aliphatic carbocycles. The van der Waals surface area contributed by atoms with Gasteiger partial charge in [0.2, 0.25) is 0 Å². The Morgan fingerprint density at radius 3 is 2.25 bits per heavy atom. The maximum absolute atomic E-state index is 5.25. The van der Waals surface area contributed by atoms with E-state index in [0.717, 1.165) is 13.0 Å². The first kappa shape index (κ1) is 15.1. The smallest absolute Gasteiger partial charge is 0.0815 e. The maximum Gasteiger partial charge on any atom is 0.0815 e. The van der Waals surface area contributed by atoms with Crippen molar-refractivity contribution in [2.45, 2.75) is 38.7 Å². The lowest BCUT2D eigenvalue weighted by Crippen LogP contribution is -1.98. The summed E-state index contributed by atoms with van der Waals surface area (Å²) >= 11 is 0. The van der Waals surface area contributed by atoms with Crippen molar-refractivity contribution >= 4 is 0 Å². The van der Waals surface area contributed by atoms with Crippen LogP contribution in [-0.2, 0) is 11.2 Å². The van der Waals surface area contributed by atoms with E-state index in [1.54, 1.807) is 0 Å². The van der Waals surface area contributed by atoms with Gasteiger partial charge in [-0.3, -0.25) is 0 Å². The molecule has 1 heterocycles. The van der Waals surface area contributed by atoms with Crippen LogP contribution in [0.2, 0.25) is 0 Å². The summed E-state index contributed by atoms with van der Waals surface area (Å²) in [6, 6.07) is 8.98. The minimum Gasteiger partial charge on any atom is -0.412 e. The van der Waals surface area contributed by atoms with E-state index in [4.69, 9.17) is 4.74 Å². The fourth-order valence-electron chi connectivity index (χ4n) is 1.82. The van der Waals surface area contributed by atoms with Crippen LogP contribution >= 0.6 is 0 Å². The van der Waals surface area contributed by atoms with Gasteiger partial charge in [0.05, 0.1) is 12.7 Å². The molecule has 16 heavy (non-hydrogen) atoms. The first-order chi connectivity index (χ1) is 6.79. The Bertz CT molecular complexity index is 291. The molecule has 1 aliphatic rings. The molecule has 1 fully saturated rings. The Balaban J connectivity index is 0.00000112. The minimum absolute atomic E-state index is 0. The second kappa shape index (κ2) is 6.63. The van der Waals surface area contributed by atoms with E-state index in [0.29, 0.717) is 12.0 Å². The van der Waals surface area contributed by atoms with Gasteiger partial charge in [-0.1, -0.05) is 38.1 Å². The molecule has 3 heteroatoms. The van der Waals surface area contributed by atoms with Crippen molar-refractivity contribution in [3.63, 3.8) is 0 Å². The highest BCUT2D eigenvalue weighted by atomic mass is 16.6. The summed E-state index contributed by atoms with van der Waals surface area (Å²) in [6.45, 7) is 5.44. The van der Waals surface area contributed by atoms with Gasteiger partial charge in [0.1, 0.15) is 0 Å². The Kier molecular flexibility index (Phi) is 6.26. The van der Waals surface area contributed by atoms with Gasteiger partial charge in [0.25, 0.3) is 0 Å². The molecular formula is C13H22O3. The van der Waals surface area contributed by atoms with E-state index in [1.807, 2.05) is 0 Å². The number of hydrogen-bond acceptors (Lipinski definition) is 1. The Morgan fingerprint density at radius 1 is 1.25 bits per heavy atom. The predicted molar refractivity (Wildman–Crippen MR) is 65.8 cm³/mol. The van der Waals surface area contributed by atoms with Gasteiger partial charge < -0.3 is 15.7 Å². The quantitative estimate of drug-likeness (QED) is 0.717. The van der Waals surface area contributed by atoms with Crippen LogP contribution in [-0.4, -0.2) is 23.7 Å². The fourth-order valence-corrected chi connectivity index (χ4v) is 1.82. The Hall–Kier alpha value is -0.900. The van der Waals surface area contributed by atoms with Crippen molar-refractivity contribution in [2.24, 2.45) is 0 Å². The molecule has 2 atom stereocenters. The van der Waals surface area contributed by atoms with Gasteiger partial charge >= 0.3 is 0 Å². The first-order valence-corrected chi connectivity index (χ1v) is 5.50. The molecule has 3 nitrogen and oxygen atoms in total. The van der Waals surface area contributed by atoms with Gasteiger partial charge in [0.15, 0.2) is 0 Å². The molecule has 1 aliphatic heterocycles. The number of rotatable bonds is 4. The van der Waals surface area contributed by atoms with E-state index in [1.165, 1.54) is 17.5 Å². The largest absolute Gasteiger partial charge is 0.412 e. The summed E-state index contributed by atoms with van der Waals surface area (Å²) in [5.74, 6) is 0.633. The fraction of sp³-hybridized carbons (Fsp3) is 0.538. The molecule has 1 saturated heterocycles. The summed E-state index contributed by atoms with van der Waals surface area (Å²) in [4.78, 5) is 0. The monoisotopic (exact) mass is 226 g/mol. The van der Waals surface area contributed by atoms with E-state index in [-0.39, 0.29) is 11.0 Å². The van der Waals surface area contributed by atoms with Crippen LogP contribution in [0, 0.1) is 0 Å². The second-order valence-corrected chi connectivity index (χ2v) is 4.19. The number of benzene rings is 1. The van der Waals surface area contributed by atoms with Crippen LogP contribution in [0.1, 0.15) is 37.3 Å². The van der Waals surface area contributed by atoms with E-state index < -0.39 is 0 Å². The molecule has 1 aromatic rings. The molecule has 0 unspecified atom stereocenters. The van der Waals surface area contributed by atoms with Crippen LogP contribution < -0.4 is 0 Å². The molecule has 0 saturated carbocycles. The number of ether oxygens (including phenoxy) is 1. The van der Waals surface area contributed by atoms with Crippen LogP contribution in [0.3, 0.4) is 0 Å². The molecule has 0 bridgehead atoms. The summed E-state index contributed by atoms with van der Waals surface area (Å²) in [5.41, 5.74) is 2.86. The highest BCUT2D eigenvalue weighted by Gasteiger charge is 2.25. The summed E-state index contributed by atoms with van der Waals surface area (Å²) in [5, 5.41) is 0. The topological polar surface area (TPSA) is 75.5 Å². The molecule has 92 valence electrons. The van der Waals surface area contributed by atoms with Crippen molar-refractivity contribution in [1.82, 2.24) is 0 Å². The van der Waals surface area contributed by atoms with Crippen LogP contribution in [0.4, 0.5) is 0 Å². The molecule has 0 spiro atoms. The Labute approximate surface area is 97.1 Å². The third-order valence-corrected chi connectivity index (χ3v) is 2.98. The van der Waals surface area contributed by atoms with Gasteiger partial charge in [-0.25, -0.2) is 0 Å². The van der Waals surface area contributed by atoms with Crippen LogP contribution in [0.25, 0.3) is 0 Å². The zero-order chi connectivity index (χ0) is 9.97. The van der Waals surface area contributed by atoms with Gasteiger partial charge in [-0.15, -0.1) is 0 Å². The van der Waals surface area contributed by atoms with E-state index in [9.17, 15) is 0 Å². The van der Waals surface area contributed by atoms with E-state index in [2.05, 4.69) is 38.1 Å². The normalized spacial score (nSPS) is 19.2. The Morgan fingerprint density at radius 2 is 1.81 bits per heavy atom. The molecule has 1 aromatic carbocycles. The van der Waals surface area contributed by atoms with Crippen LogP contribution in [0.5, 0.6) is 0 Å². The molecule has 0 aromatic heterocycles. The van der Waals surface area contributed by atoms with Crippen molar-refractivity contribution < 1.29 is 15.7 Å². The van der Waals surface area contributed by atoms with Crippen LogP contribution in [0.15, 0.2) is 24.3 Å². The van der Waals surface area contributed by atoms with Gasteiger partial charge in [0, 0.05) is 0 Å². The second-order valence-electron chi connectivity index (χ2n) is 4.19. The number of epoxide rings is 1. The predicted octanol–water partition coefficient (Wildman–Crippen LogP) is 1.49. The van der Waals surface area contributed by atoms with E-state index >= 15 is 0 Å². The van der Waals surface area contributed by atoms with Crippen molar-refractivity contribution in [3.8, 4) is 0 Å². The molecule has 0 radical (unpaired) electrons. The van der Waals surface area contributed by atoms with Crippen molar-refractivity contribution in [2.75, 3.05) is 6.61 Å². The van der Waals surface area contributed by atoms with Gasteiger partial charge in [-0.2, -0.15) is 0 Å². The molecule has 0 amide bonds.